The summed E-state index contributed by atoms with van der Waals surface area (Å²) in [5.74, 6) is -7.47. The molecule has 0 amide bonds. The lowest BCUT2D eigenvalue weighted by atomic mass is 9.78. The molecule has 44 nitrogen and oxygen atoms in total. The van der Waals surface area contributed by atoms with Crippen molar-refractivity contribution in [1.82, 2.24) is 30.1 Å². The molecule has 0 bridgehead atoms. The monoisotopic (exact) mass is 1800 g/mol. The van der Waals surface area contributed by atoms with E-state index >= 15 is 0 Å². The highest BCUT2D eigenvalue weighted by atomic mass is 32.2. The molecule has 52 heteroatoms. The summed E-state index contributed by atoms with van der Waals surface area (Å²) in [6, 6.07) is 13.3. The molecule has 9 fully saturated rings. The van der Waals surface area contributed by atoms with Gasteiger partial charge in [0.15, 0.2) is 0 Å². The zero-order valence-corrected chi connectivity index (χ0v) is 71.5. The highest BCUT2D eigenvalue weighted by Gasteiger charge is 2.60. The molecule has 8 saturated heterocycles. The van der Waals surface area contributed by atoms with Crippen LogP contribution in [0.1, 0.15) is 83.6 Å². The van der Waals surface area contributed by atoms with Gasteiger partial charge in [0, 0.05) is 114 Å². The number of carboxylic acids is 4. The third-order valence-electron chi connectivity index (χ3n) is 24.1. The smallest absolute Gasteiger partial charge is 0.451 e. The second-order valence-electron chi connectivity index (χ2n) is 33.7. The molecule has 0 spiro atoms. The van der Waals surface area contributed by atoms with Crippen molar-refractivity contribution >= 4 is 98.9 Å². The highest BCUT2D eigenvalue weighted by Crippen LogP contribution is 2.41. The van der Waals surface area contributed by atoms with Gasteiger partial charge >= 0.3 is 62.6 Å². The number of rotatable bonds is 39. The van der Waals surface area contributed by atoms with Gasteiger partial charge in [-0.25, -0.2) is 0 Å². The summed E-state index contributed by atoms with van der Waals surface area (Å²) >= 11 is 0. The lowest BCUT2D eigenvalue weighted by Gasteiger charge is -2.34. The quantitative estimate of drug-likeness (QED) is 0.0277. The van der Waals surface area contributed by atoms with Crippen molar-refractivity contribution < 1.29 is 132 Å². The second-order valence-corrected chi connectivity index (χ2v) is 41.2. The van der Waals surface area contributed by atoms with Crippen LogP contribution in [0.25, 0.3) is 0 Å². The van der Waals surface area contributed by atoms with Gasteiger partial charge < -0.3 is 125 Å². The van der Waals surface area contributed by atoms with Crippen LogP contribution >= 0.6 is 0 Å². The summed E-state index contributed by atoms with van der Waals surface area (Å²) in [7, 11) is -22.4. The molecule has 8 unspecified atom stereocenters. The number of anilines is 1. The molecule has 8 aliphatic heterocycles. The van der Waals surface area contributed by atoms with Crippen molar-refractivity contribution in [3.05, 3.63) is 66.2 Å². The summed E-state index contributed by atoms with van der Waals surface area (Å²) < 4.78 is 140. The Kier molecular flexibility index (Phi) is 36.3. The van der Waals surface area contributed by atoms with Crippen LogP contribution < -0.4 is 50.2 Å². The number of para-hydroxylation sites is 1. The van der Waals surface area contributed by atoms with E-state index < -0.39 is 194 Å². The summed E-state index contributed by atoms with van der Waals surface area (Å²) in [4.78, 5) is 47.7. The minimum absolute atomic E-state index is 0.0311. The Morgan fingerprint density at radius 3 is 0.992 bits per heavy atom. The van der Waals surface area contributed by atoms with Gasteiger partial charge in [0.2, 0.25) is 0 Å². The number of ether oxygens (including phenoxy) is 4. The van der Waals surface area contributed by atoms with Crippen LogP contribution in [-0.4, -0.2) is 366 Å². The number of hydrogen-bond acceptors (Lipinski definition) is 32. The fraction of sp³-hybridized carbons (Fsp3) is 0.768. The van der Waals surface area contributed by atoms with E-state index in [2.05, 4.69) is 0 Å². The van der Waals surface area contributed by atoms with Gasteiger partial charge in [-0.2, -0.15) is 63.8 Å². The Morgan fingerprint density at radius 2 is 0.702 bits per heavy atom. The normalized spacial score (nSPS) is 30.6. The lowest BCUT2D eigenvalue weighted by Crippen LogP contribution is -2.57. The van der Waals surface area contributed by atoms with Crippen molar-refractivity contribution in [3.63, 3.8) is 0 Å². The molecule has 1 saturated carbocycles. The highest BCUT2D eigenvalue weighted by molar-refractivity contribution is 7.90. The molecular formula is C69H124B4N16O28S4. The van der Waals surface area contributed by atoms with E-state index in [0.717, 1.165) is 35.6 Å². The molecule has 11 rings (SSSR count). The first-order chi connectivity index (χ1) is 56.6. The van der Waals surface area contributed by atoms with Gasteiger partial charge in [0.1, 0.15) is 22.2 Å². The summed E-state index contributed by atoms with van der Waals surface area (Å²) in [5, 5.41) is 111. The molecule has 9 aliphatic rings. The van der Waals surface area contributed by atoms with Crippen molar-refractivity contribution in [1.29, 1.82) is 0 Å². The van der Waals surface area contributed by atoms with Crippen LogP contribution in [-0.2, 0) is 85.5 Å². The molecule has 0 aromatic heterocycles. The van der Waals surface area contributed by atoms with Gasteiger partial charge in [-0.05, 0) is 93.3 Å². The first-order valence-corrected chi connectivity index (χ1v) is 46.2. The average Bonchev–Trinajstić information content (AvgIpc) is 1.62. The molecule has 2 aromatic rings. The first kappa shape index (κ1) is 101. The van der Waals surface area contributed by atoms with E-state index in [1.165, 1.54) is 17.2 Å². The maximum atomic E-state index is 13.7. The van der Waals surface area contributed by atoms with E-state index in [-0.39, 0.29) is 175 Å². The van der Waals surface area contributed by atoms with E-state index in [1.54, 1.807) is 42.5 Å². The van der Waals surface area contributed by atoms with Crippen molar-refractivity contribution in [2.75, 3.05) is 123 Å². The number of nitrogens with zero attached hydrogens (tertiary/aromatic N) is 8. The number of benzene rings is 2. The van der Waals surface area contributed by atoms with Crippen molar-refractivity contribution in [3.8, 4) is 0 Å². The Balaban J connectivity index is 0.000000201. The maximum absolute atomic E-state index is 13.7. The van der Waals surface area contributed by atoms with Crippen LogP contribution in [0.15, 0.2) is 60.7 Å². The van der Waals surface area contributed by atoms with E-state index in [0.29, 0.717) is 37.9 Å². The SMILES string of the molecule is CC(C)CN(C1COCC1N)S(=O)(=O)N1C[C@H](CCCB(O)O)[C@](N)(C(=O)O)C1.NC1COCC1N(CC1CC1)S(=O)(=O)N1C[C@H](CCCB(O)O)[C@](N)(C(=O)O)C1.NC1COCC1N(Cc1ccccc1)S(=O)(=O)N1C[C@H](CCCB(O)O)[C@](N)(C(=O)O)C1.NC1COCC1N(c1ccccc1)S(=O)(=O)N1C[C@H](CCCB(O)O)[C@](N)(C(=O)O)C1. The topological polar surface area (TPSA) is 719 Å². The standard InChI is InChI=1S/C19H31BN4O7S.C18H29BN4O7S.C16H31BN4O7S.C16H33BN4O7S/c21-16-11-31-12-17(16)24(9-14-5-2-1-3-6-14)32(29,30)23-10-15(7-4-8-20(27)28)19(22,13-23)18(25)26;20-15-10-30-11-16(15)23(14-6-2-1-3-7-14)31(28,29)22-9-13(5-4-8-19(26)27)18(21,12-22)17(24)25;18-13-8-28-9-14(13)21(6-11-3-4-11)29(26,27)20-7-12(2-1-5-17(24)25)16(19,10-20)15(22)23;1-11(2)6-21(14-9-28-8-13(14)18)29(26,27)20-7-12(4-3-5-17(24)25)16(19,10-20)15(22)23/h1-3,5-6,15-17,27-28H,4,7-13,21-22H2,(H,25,26);1-3,6-7,13,15-16,26-27H,4-5,8-12,20-21H2,(H,24,25);11-14,24-25H,1-10,18-19H2,(H,22,23);11-14,24-25H,3-10,18-19H2,1-2H3,(H,22,23)/t15-,16?,17?,19-;13-,15?,16?,18-;2*12-,13?,14?,16-/m0000/s1. The van der Waals surface area contributed by atoms with Crippen molar-refractivity contribution in [2.24, 2.45) is 81.4 Å². The van der Waals surface area contributed by atoms with Gasteiger partial charge in [0.05, 0.1) is 88.8 Å². The van der Waals surface area contributed by atoms with Crippen LogP contribution in [0.3, 0.4) is 0 Å². The molecule has 1 aliphatic carbocycles. The van der Waals surface area contributed by atoms with E-state index in [1.807, 2.05) is 32.0 Å². The van der Waals surface area contributed by atoms with Crippen LogP contribution in [0, 0.1) is 35.5 Å². The third kappa shape index (κ3) is 25.1. The first-order valence-electron chi connectivity index (χ1n) is 40.6. The van der Waals surface area contributed by atoms with Gasteiger partial charge in [-0.1, -0.05) is 88.1 Å². The van der Waals surface area contributed by atoms with Gasteiger partial charge in [-0.15, -0.1) is 0 Å². The number of aliphatic carboxylic acids is 4. The number of nitrogens with two attached hydrogens (primary N) is 8. The van der Waals surface area contributed by atoms with E-state index in [9.17, 15) is 73.3 Å². The fourth-order valence-corrected chi connectivity index (χ4v) is 24.6. The molecule has 16 atom stereocenters. The van der Waals surface area contributed by atoms with Gasteiger partial charge in [-0.3, -0.25) is 23.5 Å². The Hall–Kier alpha value is -4.90. The zero-order chi connectivity index (χ0) is 89.7. The Morgan fingerprint density at radius 1 is 0.421 bits per heavy atom. The molecule has 28 N–H and O–H groups in total. The molecule has 8 heterocycles. The maximum Gasteiger partial charge on any atom is 0.451 e. The van der Waals surface area contributed by atoms with Crippen LogP contribution in [0.2, 0.25) is 25.3 Å². The Bertz CT molecular complexity index is 4080. The molecule has 121 heavy (non-hydrogen) atoms. The second kappa shape index (κ2) is 43.3. The molecule has 2 aromatic carbocycles. The van der Waals surface area contributed by atoms with E-state index in [4.69, 9.17) is 105 Å². The van der Waals surface area contributed by atoms with Crippen LogP contribution in [0.4, 0.5) is 5.69 Å². The van der Waals surface area contributed by atoms with Crippen LogP contribution in [0.5, 0.6) is 0 Å². The minimum atomic E-state index is -4.18. The number of hydrogen-bond donors (Lipinski definition) is 20. The summed E-state index contributed by atoms with van der Waals surface area (Å²) in [5.41, 5.74) is 43.2. The fourth-order valence-electron chi connectivity index (χ4n) is 16.7. The predicted molar refractivity (Wildman–Crippen MR) is 443 cm³/mol. The Labute approximate surface area is 708 Å². The molecule has 684 valence electrons. The third-order valence-corrected chi connectivity index (χ3v) is 31.8. The average molecular weight is 1800 g/mol. The predicted octanol–water partition coefficient (Wildman–Crippen LogP) is -7.62. The molecular weight excluding hydrogens is 1670 g/mol. The lowest BCUT2D eigenvalue weighted by molar-refractivity contribution is -0.145. The minimum Gasteiger partial charge on any atom is -0.480 e. The number of carbonyl (C=O) groups is 4. The summed E-state index contributed by atoms with van der Waals surface area (Å²) in [6.45, 7) is 4.33. The number of carboxylic acid groups (broad SMARTS) is 4. The summed E-state index contributed by atoms with van der Waals surface area (Å²) in [6.07, 6.45) is 4.42. The largest absolute Gasteiger partial charge is 0.480 e. The molecule has 0 radical (unpaired) electrons. The zero-order valence-electron chi connectivity index (χ0n) is 68.2. The van der Waals surface area contributed by atoms with Gasteiger partial charge in [0.25, 0.3) is 30.6 Å². The van der Waals surface area contributed by atoms with Crippen molar-refractivity contribution in [2.45, 2.75) is 180 Å².